The topological polar surface area (TPSA) is 55.1 Å². The SMILES string of the molecule is CC(N)(C(=O)Nc1ccccc1SC1CCCC1)C1CC1. The second kappa shape index (κ2) is 6.01. The lowest BCUT2D eigenvalue weighted by molar-refractivity contribution is -0.121. The zero-order valence-corrected chi connectivity index (χ0v) is 13.4. The Kier molecular flexibility index (Phi) is 4.27. The molecule has 1 aromatic rings. The van der Waals surface area contributed by atoms with Gasteiger partial charge in [-0.05, 0) is 50.7 Å². The second-order valence-corrected chi connectivity index (χ2v) is 7.87. The number of anilines is 1. The van der Waals surface area contributed by atoms with E-state index < -0.39 is 5.54 Å². The molecular formula is C17H24N2OS. The summed E-state index contributed by atoms with van der Waals surface area (Å²) in [5.41, 5.74) is 6.38. The largest absolute Gasteiger partial charge is 0.323 e. The van der Waals surface area contributed by atoms with Crippen LogP contribution in [0.4, 0.5) is 5.69 Å². The number of thioether (sulfide) groups is 1. The maximum atomic E-state index is 12.5. The number of hydrogen-bond donors (Lipinski definition) is 2. The molecule has 1 aromatic carbocycles. The summed E-state index contributed by atoms with van der Waals surface area (Å²) in [6, 6.07) is 8.09. The molecule has 3 nitrogen and oxygen atoms in total. The summed E-state index contributed by atoms with van der Waals surface area (Å²) in [5.74, 6) is 0.289. The molecule has 114 valence electrons. The first-order valence-corrected chi connectivity index (χ1v) is 8.81. The van der Waals surface area contributed by atoms with Crippen LogP contribution in [0.25, 0.3) is 0 Å². The minimum Gasteiger partial charge on any atom is -0.323 e. The van der Waals surface area contributed by atoms with Gasteiger partial charge < -0.3 is 11.1 Å². The number of carbonyl (C=O) groups excluding carboxylic acids is 1. The molecule has 1 atom stereocenters. The van der Waals surface area contributed by atoms with E-state index in [0.717, 1.165) is 18.5 Å². The fraction of sp³-hybridized carbons (Fsp3) is 0.588. The average molecular weight is 304 g/mol. The highest BCUT2D eigenvalue weighted by atomic mass is 32.2. The summed E-state index contributed by atoms with van der Waals surface area (Å²) in [6.07, 6.45) is 7.36. The van der Waals surface area contributed by atoms with Crippen LogP contribution in [0.2, 0.25) is 0 Å². The molecule has 0 radical (unpaired) electrons. The first-order chi connectivity index (χ1) is 10.1. The highest BCUT2D eigenvalue weighted by molar-refractivity contribution is 8.00. The molecule has 1 unspecified atom stereocenters. The van der Waals surface area contributed by atoms with Crippen molar-refractivity contribution in [1.29, 1.82) is 0 Å². The molecule has 0 spiro atoms. The van der Waals surface area contributed by atoms with E-state index in [0.29, 0.717) is 11.2 Å². The van der Waals surface area contributed by atoms with Gasteiger partial charge in [0.15, 0.2) is 0 Å². The molecule has 0 heterocycles. The van der Waals surface area contributed by atoms with E-state index in [1.807, 2.05) is 36.9 Å². The quantitative estimate of drug-likeness (QED) is 0.870. The Morgan fingerprint density at radius 2 is 1.90 bits per heavy atom. The van der Waals surface area contributed by atoms with Crippen LogP contribution < -0.4 is 11.1 Å². The molecule has 2 fully saturated rings. The standard InChI is InChI=1S/C17H24N2OS/c1-17(18,12-10-11-12)16(20)19-14-8-4-5-9-15(14)21-13-6-2-3-7-13/h4-5,8-9,12-13H,2-3,6-7,10-11,18H2,1H3,(H,19,20). The third-order valence-corrected chi connectivity index (χ3v) is 6.06. The number of amides is 1. The predicted octanol–water partition coefficient (Wildman–Crippen LogP) is 3.79. The Hall–Kier alpha value is -1.00. The van der Waals surface area contributed by atoms with Crippen LogP contribution in [0.15, 0.2) is 29.2 Å². The second-order valence-electron chi connectivity index (χ2n) is 6.53. The minimum atomic E-state index is -0.745. The molecule has 3 rings (SSSR count). The summed E-state index contributed by atoms with van der Waals surface area (Å²) in [6.45, 7) is 1.85. The molecule has 0 bridgehead atoms. The van der Waals surface area contributed by atoms with Crippen LogP contribution in [0.5, 0.6) is 0 Å². The van der Waals surface area contributed by atoms with Gasteiger partial charge in [0.2, 0.25) is 5.91 Å². The molecule has 0 aromatic heterocycles. The van der Waals surface area contributed by atoms with E-state index in [4.69, 9.17) is 5.73 Å². The highest BCUT2D eigenvalue weighted by Gasteiger charge is 2.44. The summed E-state index contributed by atoms with van der Waals surface area (Å²) in [5, 5.41) is 3.75. The van der Waals surface area contributed by atoms with Crippen molar-refractivity contribution in [3.05, 3.63) is 24.3 Å². The molecule has 21 heavy (non-hydrogen) atoms. The number of benzene rings is 1. The van der Waals surface area contributed by atoms with E-state index >= 15 is 0 Å². The van der Waals surface area contributed by atoms with Gasteiger partial charge in [-0.2, -0.15) is 0 Å². The van der Waals surface area contributed by atoms with Gasteiger partial charge in [0.05, 0.1) is 11.2 Å². The zero-order valence-electron chi connectivity index (χ0n) is 12.6. The Labute approximate surface area is 131 Å². The number of nitrogens with two attached hydrogens (primary N) is 1. The molecule has 2 aliphatic carbocycles. The lowest BCUT2D eigenvalue weighted by Gasteiger charge is -2.24. The van der Waals surface area contributed by atoms with Crippen LogP contribution in [-0.2, 0) is 4.79 Å². The van der Waals surface area contributed by atoms with E-state index in [1.165, 1.54) is 30.6 Å². The van der Waals surface area contributed by atoms with Crippen molar-refractivity contribution >= 4 is 23.4 Å². The third-order valence-electron chi connectivity index (χ3n) is 4.65. The highest BCUT2D eigenvalue weighted by Crippen LogP contribution is 2.40. The monoisotopic (exact) mass is 304 g/mol. The van der Waals surface area contributed by atoms with Crippen molar-refractivity contribution in [2.45, 2.75) is 61.1 Å². The number of rotatable bonds is 5. The van der Waals surface area contributed by atoms with Crippen molar-refractivity contribution in [3.8, 4) is 0 Å². The molecule has 0 aliphatic heterocycles. The lowest BCUT2D eigenvalue weighted by atomic mass is 9.96. The van der Waals surface area contributed by atoms with Crippen molar-refractivity contribution in [2.75, 3.05) is 5.32 Å². The fourth-order valence-electron chi connectivity index (χ4n) is 2.98. The molecule has 0 saturated heterocycles. The van der Waals surface area contributed by atoms with Gasteiger partial charge in [-0.1, -0.05) is 25.0 Å². The van der Waals surface area contributed by atoms with Gasteiger partial charge >= 0.3 is 0 Å². The summed E-state index contributed by atoms with van der Waals surface area (Å²) >= 11 is 1.90. The van der Waals surface area contributed by atoms with Gasteiger partial charge in [0.25, 0.3) is 0 Å². The fourth-order valence-corrected chi connectivity index (χ4v) is 4.32. The Balaban J connectivity index is 1.71. The normalized spacial score (nSPS) is 22.0. The van der Waals surface area contributed by atoms with Gasteiger partial charge in [-0.3, -0.25) is 4.79 Å². The molecule has 2 saturated carbocycles. The van der Waals surface area contributed by atoms with Crippen LogP contribution in [0, 0.1) is 5.92 Å². The number of hydrogen-bond acceptors (Lipinski definition) is 3. The molecule has 2 aliphatic rings. The van der Waals surface area contributed by atoms with Gasteiger partial charge in [0, 0.05) is 10.1 Å². The van der Waals surface area contributed by atoms with Crippen molar-refractivity contribution in [1.82, 2.24) is 0 Å². The van der Waals surface area contributed by atoms with Gasteiger partial charge in [-0.15, -0.1) is 11.8 Å². The smallest absolute Gasteiger partial charge is 0.244 e. The van der Waals surface area contributed by atoms with E-state index in [2.05, 4.69) is 11.4 Å². The number of para-hydroxylation sites is 1. The molecule has 4 heteroatoms. The summed E-state index contributed by atoms with van der Waals surface area (Å²) in [7, 11) is 0. The van der Waals surface area contributed by atoms with E-state index in [-0.39, 0.29) is 5.91 Å². The summed E-state index contributed by atoms with van der Waals surface area (Å²) in [4.78, 5) is 13.6. The average Bonchev–Trinajstić information content (AvgIpc) is 3.21. The Morgan fingerprint density at radius 1 is 1.24 bits per heavy atom. The van der Waals surface area contributed by atoms with Crippen molar-refractivity contribution in [3.63, 3.8) is 0 Å². The Bertz CT molecular complexity index is 519. The zero-order chi connectivity index (χ0) is 14.9. The number of carbonyl (C=O) groups is 1. The predicted molar refractivity (Wildman–Crippen MR) is 88.5 cm³/mol. The molecule has 3 N–H and O–H groups in total. The Morgan fingerprint density at radius 3 is 2.57 bits per heavy atom. The third kappa shape index (κ3) is 3.43. The van der Waals surface area contributed by atoms with Crippen LogP contribution >= 0.6 is 11.8 Å². The van der Waals surface area contributed by atoms with Crippen LogP contribution in [-0.4, -0.2) is 16.7 Å². The van der Waals surface area contributed by atoms with Crippen LogP contribution in [0.3, 0.4) is 0 Å². The van der Waals surface area contributed by atoms with Crippen molar-refractivity contribution in [2.24, 2.45) is 11.7 Å². The van der Waals surface area contributed by atoms with Crippen molar-refractivity contribution < 1.29 is 4.79 Å². The molecule has 1 amide bonds. The van der Waals surface area contributed by atoms with Gasteiger partial charge in [-0.25, -0.2) is 0 Å². The van der Waals surface area contributed by atoms with E-state index in [1.54, 1.807) is 0 Å². The first kappa shape index (κ1) is 14.9. The molecular weight excluding hydrogens is 280 g/mol. The summed E-state index contributed by atoms with van der Waals surface area (Å²) < 4.78 is 0. The van der Waals surface area contributed by atoms with Gasteiger partial charge in [0.1, 0.15) is 0 Å². The van der Waals surface area contributed by atoms with Crippen LogP contribution in [0.1, 0.15) is 45.4 Å². The first-order valence-electron chi connectivity index (χ1n) is 7.93. The lowest BCUT2D eigenvalue weighted by Crippen LogP contribution is -2.50. The number of nitrogens with one attached hydrogen (secondary N) is 1. The maximum absolute atomic E-state index is 12.5. The van der Waals surface area contributed by atoms with E-state index in [9.17, 15) is 4.79 Å². The minimum absolute atomic E-state index is 0.0514. The maximum Gasteiger partial charge on any atom is 0.244 e.